The monoisotopic (exact) mass is 279 g/mol. The van der Waals surface area contributed by atoms with Crippen LogP contribution in [0.4, 0.5) is 0 Å². The van der Waals surface area contributed by atoms with Gasteiger partial charge in [0.05, 0.1) is 19.0 Å². The minimum atomic E-state index is -0.616. The predicted molar refractivity (Wildman–Crippen MR) is 70.2 cm³/mol. The normalized spacial score (nSPS) is 17.8. The number of hydrogen-bond donors (Lipinski definition) is 0. The van der Waals surface area contributed by atoms with Crippen LogP contribution in [0.15, 0.2) is 18.3 Å². The van der Waals surface area contributed by atoms with E-state index in [2.05, 4.69) is 10.1 Å². The lowest BCUT2D eigenvalue weighted by Crippen LogP contribution is -2.34. The number of rotatable bonds is 2. The summed E-state index contributed by atoms with van der Waals surface area (Å²) in [6, 6.07) is 3.48. The van der Waals surface area contributed by atoms with Gasteiger partial charge in [-0.25, -0.2) is 9.50 Å². The molecule has 19 heavy (non-hydrogen) atoms. The number of ether oxygens (including phenoxy) is 1. The van der Waals surface area contributed by atoms with Gasteiger partial charge in [-0.3, -0.25) is 4.79 Å². The third-order valence-electron chi connectivity index (χ3n) is 3.81. The summed E-state index contributed by atoms with van der Waals surface area (Å²) in [6.45, 7) is 0. The van der Waals surface area contributed by atoms with Crippen LogP contribution in [0.3, 0.4) is 0 Å². The van der Waals surface area contributed by atoms with Crippen LogP contribution in [0.2, 0.25) is 5.15 Å². The molecule has 0 aliphatic heterocycles. The molecule has 0 saturated heterocycles. The summed E-state index contributed by atoms with van der Waals surface area (Å²) in [5.74, 6) is -0.209. The highest BCUT2D eigenvalue weighted by atomic mass is 35.5. The maximum atomic E-state index is 12.2. The Labute approximate surface area is 115 Å². The van der Waals surface area contributed by atoms with Crippen LogP contribution in [-0.4, -0.2) is 27.7 Å². The summed E-state index contributed by atoms with van der Waals surface area (Å²) in [5.41, 5.74) is 0.802. The van der Waals surface area contributed by atoms with E-state index < -0.39 is 5.41 Å². The average molecular weight is 280 g/mol. The van der Waals surface area contributed by atoms with Crippen molar-refractivity contribution >= 4 is 23.2 Å². The van der Waals surface area contributed by atoms with E-state index in [4.69, 9.17) is 16.3 Å². The fourth-order valence-corrected chi connectivity index (χ4v) is 2.97. The number of carbonyl (C=O) groups excluding carboxylic acids is 1. The number of aromatic nitrogens is 3. The first-order valence-corrected chi connectivity index (χ1v) is 6.64. The Kier molecular flexibility index (Phi) is 2.93. The van der Waals surface area contributed by atoms with Crippen molar-refractivity contribution in [1.29, 1.82) is 0 Å². The molecular weight excluding hydrogens is 266 g/mol. The molecular formula is C13H14ClN3O2. The number of hydrogen-bond acceptors (Lipinski definition) is 4. The summed E-state index contributed by atoms with van der Waals surface area (Å²) in [6.07, 6.45) is 5.35. The molecule has 1 aliphatic carbocycles. The maximum absolute atomic E-state index is 12.2. The molecule has 5 nitrogen and oxygen atoms in total. The highest BCUT2D eigenvalue weighted by Gasteiger charge is 2.45. The highest BCUT2D eigenvalue weighted by Crippen LogP contribution is 2.41. The molecule has 0 unspecified atom stereocenters. The number of esters is 1. The summed E-state index contributed by atoms with van der Waals surface area (Å²) >= 11 is 5.86. The van der Waals surface area contributed by atoms with Gasteiger partial charge in [-0.2, -0.15) is 5.10 Å². The van der Waals surface area contributed by atoms with Crippen molar-refractivity contribution in [2.75, 3.05) is 7.11 Å². The molecule has 2 aromatic rings. The molecule has 100 valence electrons. The van der Waals surface area contributed by atoms with Crippen LogP contribution < -0.4 is 0 Å². The predicted octanol–water partition coefficient (Wildman–Crippen LogP) is 2.37. The Morgan fingerprint density at radius 1 is 1.42 bits per heavy atom. The van der Waals surface area contributed by atoms with Gasteiger partial charge in [0.2, 0.25) is 0 Å². The van der Waals surface area contributed by atoms with E-state index in [1.807, 2.05) is 0 Å². The first-order valence-electron chi connectivity index (χ1n) is 6.26. The summed E-state index contributed by atoms with van der Waals surface area (Å²) in [5, 5.41) is 4.55. The molecule has 2 heterocycles. The molecule has 2 aromatic heterocycles. The number of nitrogens with zero attached hydrogens (tertiary/aromatic N) is 3. The van der Waals surface area contributed by atoms with Crippen molar-refractivity contribution in [3.8, 4) is 0 Å². The van der Waals surface area contributed by atoms with Crippen LogP contribution >= 0.6 is 11.6 Å². The quantitative estimate of drug-likeness (QED) is 0.792. The van der Waals surface area contributed by atoms with Gasteiger partial charge in [0, 0.05) is 0 Å². The number of fused-ring (bicyclic) bond motifs is 1. The molecule has 3 rings (SSSR count). The second kappa shape index (κ2) is 4.49. The van der Waals surface area contributed by atoms with E-state index in [0.29, 0.717) is 10.8 Å². The Bertz CT molecular complexity index is 632. The Morgan fingerprint density at radius 3 is 2.84 bits per heavy atom. The van der Waals surface area contributed by atoms with E-state index in [9.17, 15) is 4.79 Å². The molecule has 0 radical (unpaired) electrons. The van der Waals surface area contributed by atoms with Gasteiger partial charge in [-0.05, 0) is 25.0 Å². The number of methoxy groups -OCH3 is 1. The van der Waals surface area contributed by atoms with Gasteiger partial charge in [-0.1, -0.05) is 24.4 Å². The van der Waals surface area contributed by atoms with Crippen molar-refractivity contribution in [3.63, 3.8) is 0 Å². The molecule has 1 aliphatic rings. The zero-order chi connectivity index (χ0) is 13.5. The average Bonchev–Trinajstić information content (AvgIpc) is 3.03. The summed E-state index contributed by atoms with van der Waals surface area (Å²) < 4.78 is 6.59. The van der Waals surface area contributed by atoms with Crippen molar-refractivity contribution in [3.05, 3.63) is 29.2 Å². The molecule has 0 N–H and O–H groups in total. The zero-order valence-electron chi connectivity index (χ0n) is 10.6. The smallest absolute Gasteiger partial charge is 0.317 e. The van der Waals surface area contributed by atoms with Crippen molar-refractivity contribution in [2.45, 2.75) is 31.1 Å². The number of carbonyl (C=O) groups is 1. The SMILES string of the molecule is COC(=O)C1(c2cn3nc(Cl)ccc3n2)CCCC1. The summed E-state index contributed by atoms with van der Waals surface area (Å²) in [4.78, 5) is 16.7. The minimum Gasteiger partial charge on any atom is -0.468 e. The Balaban J connectivity index is 2.13. The van der Waals surface area contributed by atoms with Gasteiger partial charge in [0.15, 0.2) is 5.65 Å². The lowest BCUT2D eigenvalue weighted by atomic mass is 9.83. The molecule has 0 amide bonds. The minimum absolute atomic E-state index is 0.209. The summed E-state index contributed by atoms with van der Waals surface area (Å²) in [7, 11) is 1.42. The van der Waals surface area contributed by atoms with E-state index >= 15 is 0 Å². The maximum Gasteiger partial charge on any atom is 0.317 e. The zero-order valence-corrected chi connectivity index (χ0v) is 11.4. The van der Waals surface area contributed by atoms with Crippen LogP contribution in [0.25, 0.3) is 5.65 Å². The Morgan fingerprint density at radius 2 is 2.16 bits per heavy atom. The van der Waals surface area contributed by atoms with Gasteiger partial charge < -0.3 is 4.74 Å². The number of halogens is 1. The fraction of sp³-hybridized carbons (Fsp3) is 0.462. The van der Waals surface area contributed by atoms with Crippen LogP contribution in [0.5, 0.6) is 0 Å². The van der Waals surface area contributed by atoms with E-state index in [0.717, 1.165) is 31.4 Å². The van der Waals surface area contributed by atoms with Crippen molar-refractivity contribution in [1.82, 2.24) is 14.6 Å². The topological polar surface area (TPSA) is 56.5 Å². The Hall–Kier alpha value is -1.62. The molecule has 0 bridgehead atoms. The van der Waals surface area contributed by atoms with Gasteiger partial charge in [0.25, 0.3) is 0 Å². The first kappa shape index (κ1) is 12.4. The molecule has 1 fully saturated rings. The second-order valence-electron chi connectivity index (χ2n) is 4.87. The van der Waals surface area contributed by atoms with Crippen LogP contribution in [0.1, 0.15) is 31.4 Å². The largest absolute Gasteiger partial charge is 0.468 e. The van der Waals surface area contributed by atoms with Gasteiger partial charge in [0.1, 0.15) is 10.6 Å². The van der Waals surface area contributed by atoms with Gasteiger partial charge in [-0.15, -0.1) is 0 Å². The second-order valence-corrected chi connectivity index (χ2v) is 5.25. The molecule has 0 spiro atoms. The first-order chi connectivity index (χ1) is 9.15. The third kappa shape index (κ3) is 1.89. The van der Waals surface area contributed by atoms with Gasteiger partial charge >= 0.3 is 5.97 Å². The lowest BCUT2D eigenvalue weighted by Gasteiger charge is -2.23. The van der Waals surface area contributed by atoms with Crippen molar-refractivity contribution < 1.29 is 9.53 Å². The molecule has 1 saturated carbocycles. The highest BCUT2D eigenvalue weighted by molar-refractivity contribution is 6.29. The van der Waals surface area contributed by atoms with E-state index in [1.54, 1.807) is 22.8 Å². The fourth-order valence-electron chi connectivity index (χ4n) is 2.83. The third-order valence-corrected chi connectivity index (χ3v) is 4.01. The van der Waals surface area contributed by atoms with E-state index in [1.165, 1.54) is 7.11 Å². The lowest BCUT2D eigenvalue weighted by molar-refractivity contribution is -0.147. The number of imidazole rings is 1. The van der Waals surface area contributed by atoms with Crippen LogP contribution in [-0.2, 0) is 14.9 Å². The molecule has 0 aromatic carbocycles. The van der Waals surface area contributed by atoms with E-state index in [-0.39, 0.29) is 5.97 Å². The molecule has 0 atom stereocenters. The van der Waals surface area contributed by atoms with Crippen molar-refractivity contribution in [2.24, 2.45) is 0 Å². The van der Waals surface area contributed by atoms with Crippen LogP contribution in [0, 0.1) is 0 Å². The molecule has 6 heteroatoms. The standard InChI is InChI=1S/C13H14ClN3O2/c1-19-12(18)13(6-2-3-7-13)9-8-17-11(15-9)5-4-10(14)16-17/h4-5,8H,2-3,6-7H2,1H3.